The summed E-state index contributed by atoms with van der Waals surface area (Å²) in [4.78, 5) is 4.30. The fraction of sp³-hybridized carbons (Fsp3) is 0.700. The first-order chi connectivity index (χ1) is 5.83. The van der Waals surface area contributed by atoms with Gasteiger partial charge in [-0.05, 0) is 13.3 Å². The minimum Gasteiger partial charge on any atom is -0.240 e. The van der Waals surface area contributed by atoms with E-state index in [2.05, 4.69) is 17.2 Å². The molecule has 0 aromatic heterocycles. The standard InChI is InChI=1S/C10H17N2/c1-3-4-5-6-7-10-11-8-9(2)12-10/h8H,3-7H2,1-2H3. The van der Waals surface area contributed by atoms with Gasteiger partial charge in [0.2, 0.25) is 0 Å². The third kappa shape index (κ3) is 3.07. The molecule has 0 aromatic rings. The van der Waals surface area contributed by atoms with Crippen LogP contribution in [0.4, 0.5) is 0 Å². The molecule has 0 N–H and O–H groups in total. The van der Waals surface area contributed by atoms with Crippen LogP contribution in [0.15, 0.2) is 16.9 Å². The van der Waals surface area contributed by atoms with Gasteiger partial charge in [-0.1, -0.05) is 26.2 Å². The summed E-state index contributed by atoms with van der Waals surface area (Å²) >= 11 is 0. The summed E-state index contributed by atoms with van der Waals surface area (Å²) in [5.74, 6) is 1.02. The number of amidine groups is 1. The molecule has 0 atom stereocenters. The average Bonchev–Trinajstić information content (AvgIpc) is 2.45. The highest BCUT2D eigenvalue weighted by Crippen LogP contribution is 2.08. The second-order valence-corrected chi connectivity index (χ2v) is 3.24. The molecule has 1 radical (unpaired) electrons. The summed E-state index contributed by atoms with van der Waals surface area (Å²) in [5.41, 5.74) is 1.04. The first-order valence-corrected chi connectivity index (χ1v) is 4.78. The van der Waals surface area contributed by atoms with Crippen LogP contribution in [0, 0.1) is 0 Å². The minimum atomic E-state index is 1.02. The zero-order chi connectivity index (χ0) is 8.81. The molecule has 1 rings (SSSR count). The number of rotatable bonds is 5. The monoisotopic (exact) mass is 165 g/mol. The number of unbranched alkanes of at least 4 members (excludes halogenated alkanes) is 3. The quantitative estimate of drug-likeness (QED) is 0.560. The summed E-state index contributed by atoms with van der Waals surface area (Å²) in [6, 6.07) is 0. The van der Waals surface area contributed by atoms with E-state index in [-0.39, 0.29) is 0 Å². The maximum absolute atomic E-state index is 4.30. The number of hydrogen-bond acceptors (Lipinski definition) is 1. The fourth-order valence-corrected chi connectivity index (χ4v) is 1.26. The third-order valence-corrected chi connectivity index (χ3v) is 1.96. The molecule has 0 unspecified atom stereocenters. The van der Waals surface area contributed by atoms with E-state index in [1.807, 2.05) is 13.1 Å². The van der Waals surface area contributed by atoms with Crippen LogP contribution in [0.1, 0.15) is 46.0 Å². The van der Waals surface area contributed by atoms with Gasteiger partial charge in [-0.15, -0.1) is 0 Å². The molecule has 1 heterocycles. The van der Waals surface area contributed by atoms with Gasteiger partial charge in [0.25, 0.3) is 0 Å². The van der Waals surface area contributed by atoms with Crippen LogP contribution < -0.4 is 5.32 Å². The highest BCUT2D eigenvalue weighted by Gasteiger charge is 2.04. The van der Waals surface area contributed by atoms with Gasteiger partial charge in [0.1, 0.15) is 5.84 Å². The Labute approximate surface area is 74.8 Å². The maximum Gasteiger partial charge on any atom is 0.128 e. The van der Waals surface area contributed by atoms with Crippen LogP contribution in [0.25, 0.3) is 0 Å². The van der Waals surface area contributed by atoms with Gasteiger partial charge in [0, 0.05) is 6.42 Å². The highest BCUT2D eigenvalue weighted by atomic mass is 15.0. The molecule has 2 heteroatoms. The largest absolute Gasteiger partial charge is 0.240 e. The fourth-order valence-electron chi connectivity index (χ4n) is 1.26. The van der Waals surface area contributed by atoms with E-state index in [0.717, 1.165) is 18.0 Å². The molecule has 1 aliphatic rings. The van der Waals surface area contributed by atoms with E-state index in [0.29, 0.717) is 0 Å². The van der Waals surface area contributed by atoms with E-state index in [4.69, 9.17) is 0 Å². The number of nitrogens with zero attached hydrogens (tertiary/aromatic N) is 2. The number of hydrogen-bond donors (Lipinski definition) is 0. The zero-order valence-corrected chi connectivity index (χ0v) is 8.01. The van der Waals surface area contributed by atoms with E-state index >= 15 is 0 Å². The molecule has 0 bridgehead atoms. The van der Waals surface area contributed by atoms with Gasteiger partial charge in [-0.25, -0.2) is 10.3 Å². The second kappa shape index (κ2) is 4.96. The highest BCUT2D eigenvalue weighted by molar-refractivity contribution is 5.85. The normalized spacial score (nSPS) is 15.5. The predicted octanol–water partition coefficient (Wildman–Crippen LogP) is 2.83. The summed E-state index contributed by atoms with van der Waals surface area (Å²) in [6.07, 6.45) is 8.06. The third-order valence-electron chi connectivity index (χ3n) is 1.96. The van der Waals surface area contributed by atoms with Crippen molar-refractivity contribution < 1.29 is 0 Å². The topological polar surface area (TPSA) is 26.5 Å². The summed E-state index contributed by atoms with van der Waals surface area (Å²) in [7, 11) is 0. The smallest absolute Gasteiger partial charge is 0.128 e. The SMILES string of the molecule is CCCCCCC1=NC(C)=C[N]1. The second-order valence-electron chi connectivity index (χ2n) is 3.24. The molecule has 0 aromatic carbocycles. The van der Waals surface area contributed by atoms with Gasteiger partial charge in [-0.2, -0.15) is 0 Å². The molecule has 0 saturated heterocycles. The number of allylic oxidation sites excluding steroid dienone is 1. The Bertz CT molecular complexity index is 192. The van der Waals surface area contributed by atoms with E-state index in [1.165, 1.54) is 25.7 Å². The molecular formula is C10H17N2. The molecule has 12 heavy (non-hydrogen) atoms. The molecule has 0 fully saturated rings. The minimum absolute atomic E-state index is 1.02. The van der Waals surface area contributed by atoms with Crippen LogP contribution in [0.2, 0.25) is 0 Å². The Balaban J connectivity index is 2.06. The summed E-state index contributed by atoms with van der Waals surface area (Å²) in [5, 5.41) is 4.20. The van der Waals surface area contributed by atoms with Crippen LogP contribution >= 0.6 is 0 Å². The van der Waals surface area contributed by atoms with Crippen LogP contribution in [0.3, 0.4) is 0 Å². The first kappa shape index (κ1) is 9.30. The lowest BCUT2D eigenvalue weighted by Gasteiger charge is -1.98. The van der Waals surface area contributed by atoms with Crippen molar-refractivity contribution in [3.8, 4) is 0 Å². The maximum atomic E-state index is 4.30. The molecule has 0 spiro atoms. The van der Waals surface area contributed by atoms with Gasteiger partial charge in [0.05, 0.1) is 11.9 Å². The van der Waals surface area contributed by atoms with Crippen LogP contribution in [-0.4, -0.2) is 5.84 Å². The van der Waals surface area contributed by atoms with Gasteiger partial charge in [-0.3, -0.25) is 0 Å². The van der Waals surface area contributed by atoms with Gasteiger partial charge in [0.15, 0.2) is 0 Å². The van der Waals surface area contributed by atoms with Crippen molar-refractivity contribution in [2.45, 2.75) is 46.0 Å². The van der Waals surface area contributed by atoms with Crippen LogP contribution in [0.5, 0.6) is 0 Å². The molecule has 2 nitrogen and oxygen atoms in total. The van der Waals surface area contributed by atoms with Crippen LogP contribution in [-0.2, 0) is 0 Å². The number of aliphatic imine (C=N–C) groups is 1. The molecule has 0 amide bonds. The lowest BCUT2D eigenvalue weighted by molar-refractivity contribution is 0.680. The van der Waals surface area contributed by atoms with Crippen molar-refractivity contribution in [1.29, 1.82) is 0 Å². The molecule has 0 saturated carbocycles. The van der Waals surface area contributed by atoms with E-state index < -0.39 is 0 Å². The van der Waals surface area contributed by atoms with Gasteiger partial charge >= 0.3 is 0 Å². The molecule has 1 aliphatic heterocycles. The lowest BCUT2D eigenvalue weighted by atomic mass is 10.1. The Kier molecular flexibility index (Phi) is 3.85. The Morgan fingerprint density at radius 1 is 1.25 bits per heavy atom. The lowest BCUT2D eigenvalue weighted by Crippen LogP contribution is -2.05. The van der Waals surface area contributed by atoms with Crippen molar-refractivity contribution in [1.82, 2.24) is 5.32 Å². The Morgan fingerprint density at radius 2 is 2.08 bits per heavy atom. The summed E-state index contributed by atoms with van der Waals surface area (Å²) in [6.45, 7) is 4.21. The van der Waals surface area contributed by atoms with Crippen molar-refractivity contribution in [3.63, 3.8) is 0 Å². The molecule has 0 aliphatic carbocycles. The van der Waals surface area contributed by atoms with E-state index in [1.54, 1.807) is 0 Å². The average molecular weight is 165 g/mol. The molecule has 67 valence electrons. The van der Waals surface area contributed by atoms with Crippen molar-refractivity contribution in [3.05, 3.63) is 11.9 Å². The Morgan fingerprint density at radius 3 is 2.67 bits per heavy atom. The van der Waals surface area contributed by atoms with Gasteiger partial charge < -0.3 is 0 Å². The van der Waals surface area contributed by atoms with Crippen molar-refractivity contribution in [2.24, 2.45) is 4.99 Å². The molecular weight excluding hydrogens is 148 g/mol. The summed E-state index contributed by atoms with van der Waals surface area (Å²) < 4.78 is 0. The van der Waals surface area contributed by atoms with Crippen molar-refractivity contribution >= 4 is 5.84 Å². The predicted molar refractivity (Wildman–Crippen MR) is 52.1 cm³/mol. The van der Waals surface area contributed by atoms with E-state index in [9.17, 15) is 0 Å². The zero-order valence-electron chi connectivity index (χ0n) is 8.01. The Hall–Kier alpha value is -0.790. The van der Waals surface area contributed by atoms with Crippen molar-refractivity contribution in [2.75, 3.05) is 0 Å². The first-order valence-electron chi connectivity index (χ1n) is 4.78.